The van der Waals surface area contributed by atoms with Gasteiger partial charge >= 0.3 is 0 Å². The van der Waals surface area contributed by atoms with Crippen LogP contribution in [-0.4, -0.2) is 36.6 Å². The standard InChI is InChI=1S/C17H32N2/c1-17(2,3)14-5-4-9-19(10-8-14)12-13-11-15-6-7-16(13)18-15/h13-16,18H,4-12H2,1-3H3. The molecule has 0 aromatic heterocycles. The van der Waals surface area contributed by atoms with Crippen LogP contribution in [0.5, 0.6) is 0 Å². The number of hydrogen-bond donors (Lipinski definition) is 1. The minimum Gasteiger partial charge on any atom is -0.311 e. The fourth-order valence-corrected chi connectivity index (χ4v) is 4.68. The van der Waals surface area contributed by atoms with Crippen molar-refractivity contribution in [1.29, 1.82) is 0 Å². The summed E-state index contributed by atoms with van der Waals surface area (Å²) in [5, 5.41) is 3.79. The zero-order chi connectivity index (χ0) is 13.5. The average molecular weight is 264 g/mol. The van der Waals surface area contributed by atoms with Gasteiger partial charge in [-0.1, -0.05) is 20.8 Å². The fourth-order valence-electron chi connectivity index (χ4n) is 4.68. The summed E-state index contributed by atoms with van der Waals surface area (Å²) >= 11 is 0. The van der Waals surface area contributed by atoms with Gasteiger partial charge in [0.2, 0.25) is 0 Å². The molecule has 0 amide bonds. The van der Waals surface area contributed by atoms with Crippen molar-refractivity contribution >= 4 is 0 Å². The molecule has 3 fully saturated rings. The molecule has 3 rings (SSSR count). The molecule has 0 aromatic carbocycles. The van der Waals surface area contributed by atoms with Crippen molar-refractivity contribution in [1.82, 2.24) is 10.2 Å². The highest BCUT2D eigenvalue weighted by atomic mass is 15.1. The Morgan fingerprint density at radius 2 is 1.89 bits per heavy atom. The fraction of sp³-hybridized carbons (Fsp3) is 1.00. The molecule has 0 aromatic rings. The van der Waals surface area contributed by atoms with E-state index in [4.69, 9.17) is 0 Å². The number of nitrogens with zero attached hydrogens (tertiary/aromatic N) is 1. The second kappa shape index (κ2) is 5.37. The van der Waals surface area contributed by atoms with Gasteiger partial charge in [0.05, 0.1) is 0 Å². The van der Waals surface area contributed by atoms with Gasteiger partial charge in [-0.3, -0.25) is 0 Å². The van der Waals surface area contributed by atoms with Crippen LogP contribution in [0.25, 0.3) is 0 Å². The van der Waals surface area contributed by atoms with E-state index in [9.17, 15) is 0 Å². The number of rotatable bonds is 2. The van der Waals surface area contributed by atoms with Crippen LogP contribution in [0, 0.1) is 17.3 Å². The predicted octanol–water partition coefficient (Wildman–Crippen LogP) is 3.28. The molecule has 4 unspecified atom stereocenters. The highest BCUT2D eigenvalue weighted by Crippen LogP contribution is 2.36. The second-order valence-electron chi connectivity index (χ2n) is 8.34. The van der Waals surface area contributed by atoms with E-state index >= 15 is 0 Å². The molecule has 0 aliphatic carbocycles. The van der Waals surface area contributed by atoms with Gasteiger partial charge in [-0.15, -0.1) is 0 Å². The predicted molar refractivity (Wildman–Crippen MR) is 81.3 cm³/mol. The molecule has 3 aliphatic heterocycles. The Balaban J connectivity index is 1.50. The molecular formula is C17H32N2. The Labute approximate surface area is 119 Å². The molecular weight excluding hydrogens is 232 g/mol. The van der Waals surface area contributed by atoms with E-state index in [0.717, 1.165) is 23.9 Å². The van der Waals surface area contributed by atoms with E-state index in [1.807, 2.05) is 0 Å². The molecule has 110 valence electrons. The molecule has 0 spiro atoms. The lowest BCUT2D eigenvalue weighted by Crippen LogP contribution is -2.36. The molecule has 3 saturated heterocycles. The van der Waals surface area contributed by atoms with Gasteiger partial charge in [0, 0.05) is 18.6 Å². The normalized spacial score (nSPS) is 40.6. The van der Waals surface area contributed by atoms with E-state index in [0.29, 0.717) is 5.41 Å². The third kappa shape index (κ3) is 3.16. The van der Waals surface area contributed by atoms with Gasteiger partial charge in [-0.25, -0.2) is 0 Å². The first-order valence-electron chi connectivity index (χ1n) is 8.51. The van der Waals surface area contributed by atoms with Gasteiger partial charge in [0.15, 0.2) is 0 Å². The van der Waals surface area contributed by atoms with Gasteiger partial charge in [-0.2, -0.15) is 0 Å². The first kappa shape index (κ1) is 13.9. The van der Waals surface area contributed by atoms with Crippen molar-refractivity contribution in [2.24, 2.45) is 17.3 Å². The van der Waals surface area contributed by atoms with Crippen LogP contribution in [0.1, 0.15) is 59.3 Å². The number of hydrogen-bond acceptors (Lipinski definition) is 2. The Morgan fingerprint density at radius 1 is 1.05 bits per heavy atom. The summed E-state index contributed by atoms with van der Waals surface area (Å²) in [4.78, 5) is 2.78. The average Bonchev–Trinajstić information content (AvgIpc) is 2.85. The number of fused-ring (bicyclic) bond motifs is 2. The van der Waals surface area contributed by atoms with Crippen molar-refractivity contribution in [3.05, 3.63) is 0 Å². The minimum absolute atomic E-state index is 0.504. The van der Waals surface area contributed by atoms with Gasteiger partial charge in [0.25, 0.3) is 0 Å². The van der Waals surface area contributed by atoms with Gasteiger partial charge in [-0.05, 0) is 68.9 Å². The molecule has 1 N–H and O–H groups in total. The maximum absolute atomic E-state index is 3.79. The zero-order valence-electron chi connectivity index (χ0n) is 13.1. The lowest BCUT2D eigenvalue weighted by Gasteiger charge is -2.31. The second-order valence-corrected chi connectivity index (χ2v) is 8.34. The third-order valence-electron chi connectivity index (χ3n) is 5.97. The maximum atomic E-state index is 3.79. The molecule has 4 atom stereocenters. The van der Waals surface area contributed by atoms with Crippen LogP contribution in [0.2, 0.25) is 0 Å². The topological polar surface area (TPSA) is 15.3 Å². The van der Waals surface area contributed by atoms with Crippen molar-refractivity contribution in [2.45, 2.75) is 71.4 Å². The molecule has 2 heteroatoms. The number of nitrogens with one attached hydrogen (secondary N) is 1. The lowest BCUT2D eigenvalue weighted by atomic mass is 9.77. The monoisotopic (exact) mass is 264 g/mol. The van der Waals surface area contributed by atoms with Crippen LogP contribution < -0.4 is 5.32 Å². The number of likely N-dealkylation sites (tertiary alicyclic amines) is 1. The van der Waals surface area contributed by atoms with Crippen LogP contribution in [-0.2, 0) is 0 Å². The summed E-state index contributed by atoms with van der Waals surface area (Å²) in [5.41, 5.74) is 0.504. The maximum Gasteiger partial charge on any atom is 0.0111 e. The van der Waals surface area contributed by atoms with E-state index in [1.165, 1.54) is 58.2 Å². The molecule has 0 saturated carbocycles. The SMILES string of the molecule is CC(C)(C)C1CCCN(CC2CC3CCC2N3)CC1. The Bertz CT molecular complexity index is 307. The highest BCUT2D eigenvalue weighted by molar-refractivity contribution is 4.98. The van der Waals surface area contributed by atoms with Crippen molar-refractivity contribution in [3.63, 3.8) is 0 Å². The van der Waals surface area contributed by atoms with Crippen LogP contribution >= 0.6 is 0 Å². The van der Waals surface area contributed by atoms with Crippen LogP contribution in [0.4, 0.5) is 0 Å². The van der Waals surface area contributed by atoms with Crippen molar-refractivity contribution < 1.29 is 0 Å². The lowest BCUT2D eigenvalue weighted by molar-refractivity contribution is 0.192. The summed E-state index contributed by atoms with van der Waals surface area (Å²) in [5.74, 6) is 1.88. The summed E-state index contributed by atoms with van der Waals surface area (Å²) < 4.78 is 0. The Morgan fingerprint density at radius 3 is 2.53 bits per heavy atom. The van der Waals surface area contributed by atoms with E-state index in [1.54, 1.807) is 0 Å². The Kier molecular flexibility index (Phi) is 3.92. The minimum atomic E-state index is 0.504. The van der Waals surface area contributed by atoms with Crippen LogP contribution in [0.15, 0.2) is 0 Å². The van der Waals surface area contributed by atoms with Crippen molar-refractivity contribution in [3.8, 4) is 0 Å². The first-order valence-corrected chi connectivity index (χ1v) is 8.51. The summed E-state index contributed by atoms with van der Waals surface area (Å²) in [6.07, 6.45) is 8.59. The van der Waals surface area contributed by atoms with Crippen LogP contribution in [0.3, 0.4) is 0 Å². The molecule has 19 heavy (non-hydrogen) atoms. The molecule has 2 bridgehead atoms. The van der Waals surface area contributed by atoms with Gasteiger partial charge in [0.1, 0.15) is 0 Å². The highest BCUT2D eigenvalue weighted by Gasteiger charge is 2.39. The molecule has 3 heterocycles. The molecule has 3 aliphatic rings. The first-order chi connectivity index (χ1) is 9.02. The summed E-state index contributed by atoms with van der Waals surface area (Å²) in [6, 6.07) is 1.72. The quantitative estimate of drug-likeness (QED) is 0.823. The van der Waals surface area contributed by atoms with E-state index in [2.05, 4.69) is 31.0 Å². The Hall–Kier alpha value is -0.0800. The zero-order valence-corrected chi connectivity index (χ0v) is 13.1. The van der Waals surface area contributed by atoms with Crippen molar-refractivity contribution in [2.75, 3.05) is 19.6 Å². The largest absolute Gasteiger partial charge is 0.311 e. The molecule has 0 radical (unpaired) electrons. The smallest absolute Gasteiger partial charge is 0.0111 e. The summed E-state index contributed by atoms with van der Waals surface area (Å²) in [7, 11) is 0. The van der Waals surface area contributed by atoms with E-state index in [-0.39, 0.29) is 0 Å². The molecule has 2 nitrogen and oxygen atoms in total. The van der Waals surface area contributed by atoms with E-state index < -0.39 is 0 Å². The third-order valence-corrected chi connectivity index (χ3v) is 5.97. The summed E-state index contributed by atoms with van der Waals surface area (Å²) in [6.45, 7) is 11.3. The van der Waals surface area contributed by atoms with Gasteiger partial charge < -0.3 is 10.2 Å².